The highest BCUT2D eigenvalue weighted by molar-refractivity contribution is 6.08. The van der Waals surface area contributed by atoms with Gasteiger partial charge in [0.05, 0.1) is 0 Å². The normalized spacial score (nSPS) is 24.3. The van der Waals surface area contributed by atoms with E-state index in [0.29, 0.717) is 30.3 Å². The summed E-state index contributed by atoms with van der Waals surface area (Å²) >= 11 is 0. The zero-order valence-electron chi connectivity index (χ0n) is 23.9. The first-order valence-corrected chi connectivity index (χ1v) is 14.5. The van der Waals surface area contributed by atoms with Gasteiger partial charge in [-0.2, -0.15) is 0 Å². The highest BCUT2D eigenvalue weighted by Gasteiger charge is 2.53. The summed E-state index contributed by atoms with van der Waals surface area (Å²) in [7, 11) is 0. The van der Waals surface area contributed by atoms with Gasteiger partial charge in [-0.05, 0) is 106 Å². The molecule has 2 aromatic rings. The lowest BCUT2D eigenvalue weighted by atomic mass is 9.75. The third-order valence-corrected chi connectivity index (χ3v) is 8.78. The first-order valence-electron chi connectivity index (χ1n) is 14.5. The second-order valence-electron chi connectivity index (χ2n) is 11.4. The van der Waals surface area contributed by atoms with Crippen molar-refractivity contribution in [2.24, 2.45) is 10.9 Å². The summed E-state index contributed by atoms with van der Waals surface area (Å²) in [5.74, 6) is -0.199. The molecule has 1 saturated heterocycles. The van der Waals surface area contributed by atoms with E-state index in [1.807, 2.05) is 19.1 Å². The van der Waals surface area contributed by atoms with Crippen LogP contribution in [0.1, 0.15) is 63.5 Å². The smallest absolute Gasteiger partial charge is 0.261 e. The average molecular weight is 561 g/mol. The number of piperidine rings is 1. The summed E-state index contributed by atoms with van der Waals surface area (Å²) in [6.45, 7) is 8.01. The van der Waals surface area contributed by atoms with E-state index in [4.69, 9.17) is 4.99 Å². The number of hydrogen-bond acceptors (Lipinski definition) is 4. The fraction of sp³-hybridized carbons (Fsp3) is 0.424. The summed E-state index contributed by atoms with van der Waals surface area (Å²) in [6.07, 6.45) is 7.78. The summed E-state index contributed by atoms with van der Waals surface area (Å²) in [6, 6.07) is 14.3. The molecular weight excluding hydrogens is 522 g/mol. The monoisotopic (exact) mass is 560 g/mol. The third kappa shape index (κ3) is 6.03. The van der Waals surface area contributed by atoms with Gasteiger partial charge in [0.1, 0.15) is 17.5 Å². The summed E-state index contributed by atoms with van der Waals surface area (Å²) in [5.41, 5.74) is 1.47. The molecule has 0 bridgehead atoms. The largest absolute Gasteiger partial charge is 0.326 e. The topological polar surface area (TPSA) is 65.0 Å². The maximum absolute atomic E-state index is 14.1. The summed E-state index contributed by atoms with van der Waals surface area (Å²) < 4.78 is 27.6. The van der Waals surface area contributed by atoms with Crippen LogP contribution in [0.2, 0.25) is 0 Å². The van der Waals surface area contributed by atoms with Crippen molar-refractivity contribution in [1.29, 1.82) is 0 Å². The first-order chi connectivity index (χ1) is 19.7. The number of hydrogen-bond donors (Lipinski definition) is 1. The maximum Gasteiger partial charge on any atom is 0.261 e. The van der Waals surface area contributed by atoms with E-state index in [-0.39, 0.29) is 35.4 Å². The molecule has 1 fully saturated rings. The molecule has 3 aliphatic rings. The number of carbonyl (C=O) groups excluding carboxylic acids is 2. The average Bonchev–Trinajstić information content (AvgIpc) is 3.22. The number of allylic oxidation sites excluding steroid dienone is 3. The van der Waals surface area contributed by atoms with Crippen LogP contribution in [0.5, 0.6) is 0 Å². The van der Waals surface area contributed by atoms with Gasteiger partial charge in [0, 0.05) is 31.1 Å². The van der Waals surface area contributed by atoms with Gasteiger partial charge in [0.15, 0.2) is 5.54 Å². The molecule has 1 aliphatic carbocycles. The molecule has 3 unspecified atom stereocenters. The van der Waals surface area contributed by atoms with Crippen molar-refractivity contribution in [2.75, 3.05) is 25.0 Å². The Kier molecular flexibility index (Phi) is 8.50. The molecule has 6 nitrogen and oxygen atoms in total. The molecule has 216 valence electrons. The number of halogens is 2. The van der Waals surface area contributed by atoms with Crippen LogP contribution < -0.4 is 5.32 Å². The lowest BCUT2D eigenvalue weighted by molar-refractivity contribution is -0.133. The van der Waals surface area contributed by atoms with E-state index in [0.717, 1.165) is 38.0 Å². The van der Waals surface area contributed by atoms with Crippen molar-refractivity contribution in [3.05, 3.63) is 89.5 Å². The Bertz CT molecular complexity index is 1380. The highest BCUT2D eigenvalue weighted by Crippen LogP contribution is 2.44. The molecule has 0 aromatic heterocycles. The third-order valence-electron chi connectivity index (χ3n) is 8.78. The predicted molar refractivity (Wildman–Crippen MR) is 158 cm³/mol. The van der Waals surface area contributed by atoms with Crippen molar-refractivity contribution >= 4 is 23.3 Å². The van der Waals surface area contributed by atoms with E-state index in [9.17, 15) is 18.4 Å². The minimum Gasteiger partial charge on any atom is -0.326 e. The van der Waals surface area contributed by atoms with Crippen LogP contribution >= 0.6 is 0 Å². The number of likely N-dealkylation sites (tertiary alicyclic amines) is 1. The molecule has 2 aromatic carbocycles. The second-order valence-corrected chi connectivity index (χ2v) is 11.4. The maximum atomic E-state index is 14.1. The molecule has 1 N–H and O–H groups in total. The Morgan fingerprint density at radius 3 is 2.54 bits per heavy atom. The molecule has 5 rings (SSSR count). The van der Waals surface area contributed by atoms with Gasteiger partial charge in [0.2, 0.25) is 5.91 Å². The first kappa shape index (κ1) is 28.9. The van der Waals surface area contributed by atoms with Gasteiger partial charge in [0.25, 0.3) is 5.91 Å². The van der Waals surface area contributed by atoms with Crippen molar-refractivity contribution in [1.82, 2.24) is 9.80 Å². The van der Waals surface area contributed by atoms with Crippen LogP contribution in [-0.2, 0) is 15.1 Å². The van der Waals surface area contributed by atoms with Gasteiger partial charge < -0.3 is 10.2 Å². The molecule has 2 aliphatic heterocycles. The number of carbonyl (C=O) groups is 2. The van der Waals surface area contributed by atoms with E-state index in [1.54, 1.807) is 23.1 Å². The molecule has 8 heteroatoms. The molecule has 41 heavy (non-hydrogen) atoms. The Morgan fingerprint density at radius 1 is 1.15 bits per heavy atom. The van der Waals surface area contributed by atoms with Crippen molar-refractivity contribution in [3.63, 3.8) is 0 Å². The summed E-state index contributed by atoms with van der Waals surface area (Å²) in [4.78, 5) is 34.7. The van der Waals surface area contributed by atoms with Gasteiger partial charge in [-0.15, -0.1) is 0 Å². The van der Waals surface area contributed by atoms with Crippen molar-refractivity contribution in [2.45, 2.75) is 64.0 Å². The van der Waals surface area contributed by atoms with Crippen molar-refractivity contribution in [3.8, 4) is 0 Å². The number of benzene rings is 2. The second kappa shape index (κ2) is 12.1. The van der Waals surface area contributed by atoms with Crippen LogP contribution in [0.15, 0.2) is 77.6 Å². The zero-order valence-corrected chi connectivity index (χ0v) is 23.9. The number of amides is 2. The number of nitrogens with one attached hydrogen (secondary N) is 1. The molecule has 3 atom stereocenters. The zero-order chi connectivity index (χ0) is 29.1. The minimum absolute atomic E-state index is 0.0709. The molecule has 0 spiro atoms. The molecule has 0 saturated carbocycles. The number of amidine groups is 1. The number of aliphatic imine (C=N–C) groups is 1. The van der Waals surface area contributed by atoms with Crippen LogP contribution in [0.25, 0.3) is 0 Å². The van der Waals surface area contributed by atoms with E-state index >= 15 is 0 Å². The predicted octanol–water partition coefficient (Wildman–Crippen LogP) is 6.33. The van der Waals surface area contributed by atoms with Crippen molar-refractivity contribution < 1.29 is 18.4 Å². The lowest BCUT2D eigenvalue weighted by Gasteiger charge is -2.37. The molecule has 2 heterocycles. The van der Waals surface area contributed by atoms with Gasteiger partial charge in [-0.3, -0.25) is 19.5 Å². The Labute approximate surface area is 240 Å². The van der Waals surface area contributed by atoms with Crippen LogP contribution in [0, 0.1) is 11.7 Å². The Morgan fingerprint density at radius 2 is 1.88 bits per heavy atom. The number of anilines is 1. The lowest BCUT2D eigenvalue weighted by Crippen LogP contribution is -2.47. The van der Waals surface area contributed by atoms with E-state index < -0.39 is 5.54 Å². The molecule has 0 radical (unpaired) electrons. The molecule has 2 amide bonds. The number of rotatable bonds is 8. The van der Waals surface area contributed by atoms with E-state index in [1.165, 1.54) is 36.8 Å². The Hall–Kier alpha value is -3.65. The minimum atomic E-state index is -1.24. The number of nitrogens with zero attached hydrogens (tertiary/aromatic N) is 3. The quantitative estimate of drug-likeness (QED) is 0.411. The van der Waals surface area contributed by atoms with Gasteiger partial charge in [-0.1, -0.05) is 30.3 Å². The molecular formula is C33H38F2N4O2. The van der Waals surface area contributed by atoms with Crippen LogP contribution in [0.3, 0.4) is 0 Å². The van der Waals surface area contributed by atoms with Gasteiger partial charge >= 0.3 is 0 Å². The van der Waals surface area contributed by atoms with E-state index in [2.05, 4.69) is 29.3 Å². The standard InChI is InChI=1S/C33H38F2N4O2/c1-22(38-18-16-25(17-19-38)26-5-4-6-31(21-26)36-24(3)40)15-20-39-23(2)37-33(32(39)41,27-7-11-29(34)12-8-27)28-9-13-30(35)14-10-28/h4-9,11-14,21-22,25,28H,10,15-20H2,1-3H3,(H,36,40). The van der Waals surface area contributed by atoms with Crippen LogP contribution in [0.4, 0.5) is 14.5 Å². The fourth-order valence-electron chi connectivity index (χ4n) is 6.48. The van der Waals surface area contributed by atoms with Gasteiger partial charge in [-0.25, -0.2) is 8.78 Å². The summed E-state index contributed by atoms with van der Waals surface area (Å²) in [5, 5.41) is 2.87. The van der Waals surface area contributed by atoms with Crippen LogP contribution in [-0.4, -0.2) is 53.1 Å². The SMILES string of the molecule is CC(=O)Nc1cccc(C2CCN(C(C)CCN3C(=O)C(c4ccc(F)cc4)(C4C=CC(F)=CC4)N=C3C)CC2)c1. The Balaban J connectivity index is 1.23. The highest BCUT2D eigenvalue weighted by atomic mass is 19.1. The fourth-order valence-corrected chi connectivity index (χ4v) is 6.48.